The van der Waals surface area contributed by atoms with E-state index in [0.29, 0.717) is 0 Å². The quantitative estimate of drug-likeness (QED) is 0.857. The highest BCUT2D eigenvalue weighted by Gasteiger charge is 2.32. The van der Waals surface area contributed by atoms with E-state index >= 15 is 0 Å². The van der Waals surface area contributed by atoms with Gasteiger partial charge in [0, 0.05) is 37.8 Å². The molecule has 0 bridgehead atoms. The highest BCUT2D eigenvalue weighted by Crippen LogP contribution is 2.26. The Kier molecular flexibility index (Phi) is 5.23. The molecule has 2 unspecified atom stereocenters. The fourth-order valence-corrected chi connectivity index (χ4v) is 3.83. The van der Waals surface area contributed by atoms with Crippen molar-refractivity contribution in [2.45, 2.75) is 46.2 Å². The van der Waals surface area contributed by atoms with Crippen LogP contribution in [0.1, 0.15) is 42.3 Å². The lowest BCUT2D eigenvalue weighted by Crippen LogP contribution is -2.54. The van der Waals surface area contributed by atoms with E-state index in [1.807, 2.05) is 31.7 Å². The van der Waals surface area contributed by atoms with Gasteiger partial charge < -0.3 is 9.42 Å². The van der Waals surface area contributed by atoms with Gasteiger partial charge in [0.15, 0.2) is 0 Å². The highest BCUT2D eigenvalue weighted by molar-refractivity contribution is 5.84. The number of carbonyl (C=O) groups excluding carboxylic acids is 1. The molecule has 25 heavy (non-hydrogen) atoms. The molecule has 1 fully saturated rings. The summed E-state index contributed by atoms with van der Waals surface area (Å²) in [7, 11) is 0. The van der Waals surface area contributed by atoms with Crippen LogP contribution >= 0.6 is 0 Å². The predicted molar refractivity (Wildman–Crippen MR) is 97.3 cm³/mol. The van der Waals surface area contributed by atoms with Crippen molar-refractivity contribution in [2.75, 3.05) is 19.6 Å². The van der Waals surface area contributed by atoms with Crippen molar-refractivity contribution in [3.63, 3.8) is 0 Å². The first-order valence-electron chi connectivity index (χ1n) is 8.97. The molecule has 2 heterocycles. The fourth-order valence-electron chi connectivity index (χ4n) is 3.83. The largest absolute Gasteiger partial charge is 0.361 e. The van der Waals surface area contributed by atoms with E-state index in [4.69, 9.17) is 4.52 Å². The molecule has 134 valence electrons. The summed E-state index contributed by atoms with van der Waals surface area (Å²) in [6, 6.07) is 10.7. The van der Waals surface area contributed by atoms with Crippen LogP contribution in [0.3, 0.4) is 0 Å². The molecular weight excluding hydrogens is 314 g/mol. The van der Waals surface area contributed by atoms with Gasteiger partial charge in [0.05, 0.1) is 11.6 Å². The molecule has 0 radical (unpaired) electrons. The molecule has 1 aliphatic heterocycles. The van der Waals surface area contributed by atoms with E-state index in [9.17, 15) is 4.79 Å². The molecule has 1 aliphatic rings. The van der Waals surface area contributed by atoms with Crippen LogP contribution in [-0.2, 0) is 11.3 Å². The van der Waals surface area contributed by atoms with E-state index in [0.717, 1.165) is 43.2 Å². The lowest BCUT2D eigenvalue weighted by molar-refractivity contribution is -0.137. The highest BCUT2D eigenvalue weighted by atomic mass is 16.5. The Labute approximate surface area is 149 Å². The van der Waals surface area contributed by atoms with Gasteiger partial charge in [0.2, 0.25) is 5.91 Å². The number of piperazine rings is 1. The lowest BCUT2D eigenvalue weighted by atomic mass is 9.96. The number of aromatic nitrogens is 1. The third-order valence-corrected chi connectivity index (χ3v) is 5.14. The summed E-state index contributed by atoms with van der Waals surface area (Å²) in [6.07, 6.45) is 0. The Morgan fingerprint density at radius 1 is 1.28 bits per heavy atom. The Bertz CT molecular complexity index is 706. The Morgan fingerprint density at radius 2 is 2.00 bits per heavy atom. The van der Waals surface area contributed by atoms with Crippen molar-refractivity contribution >= 4 is 5.91 Å². The van der Waals surface area contributed by atoms with Gasteiger partial charge in [-0.25, -0.2) is 0 Å². The molecule has 2 atom stereocenters. The molecule has 3 rings (SSSR count). The van der Waals surface area contributed by atoms with Gasteiger partial charge in [-0.2, -0.15) is 0 Å². The minimum absolute atomic E-state index is 0.168. The van der Waals surface area contributed by atoms with Gasteiger partial charge in [-0.05, 0) is 33.3 Å². The lowest BCUT2D eigenvalue weighted by Gasteiger charge is -2.41. The van der Waals surface area contributed by atoms with Crippen molar-refractivity contribution < 1.29 is 9.32 Å². The Hall–Kier alpha value is -2.14. The third kappa shape index (κ3) is 3.76. The Morgan fingerprint density at radius 3 is 2.60 bits per heavy atom. The van der Waals surface area contributed by atoms with Crippen LogP contribution in [0.4, 0.5) is 0 Å². The average molecular weight is 341 g/mol. The summed E-state index contributed by atoms with van der Waals surface area (Å²) in [5.74, 6) is 0.698. The molecule has 2 aromatic rings. The standard InChI is InChI=1S/C20H27N3O2/c1-14-12-22(13-18-8-6-5-7-9-18)10-11-23(14)20(24)15(2)19-16(3)21-25-17(19)4/h5-9,14-15H,10-13H2,1-4H3. The first-order valence-corrected chi connectivity index (χ1v) is 8.97. The molecule has 1 aromatic heterocycles. The number of hydrogen-bond donors (Lipinski definition) is 0. The van der Waals surface area contributed by atoms with Gasteiger partial charge in [-0.1, -0.05) is 35.5 Å². The van der Waals surface area contributed by atoms with Gasteiger partial charge in [-0.3, -0.25) is 9.69 Å². The first-order chi connectivity index (χ1) is 12.0. The number of rotatable bonds is 4. The summed E-state index contributed by atoms with van der Waals surface area (Å²) < 4.78 is 5.24. The second-order valence-corrected chi connectivity index (χ2v) is 7.06. The van der Waals surface area contributed by atoms with Crippen LogP contribution in [0.5, 0.6) is 0 Å². The van der Waals surface area contributed by atoms with E-state index in [1.165, 1.54) is 5.56 Å². The first kappa shape index (κ1) is 17.7. The molecule has 0 saturated carbocycles. The molecule has 5 heteroatoms. The normalized spacial score (nSPS) is 19.8. The molecule has 1 amide bonds. The fraction of sp³-hybridized carbons (Fsp3) is 0.500. The van der Waals surface area contributed by atoms with Crippen molar-refractivity contribution in [1.29, 1.82) is 0 Å². The summed E-state index contributed by atoms with van der Waals surface area (Å²) >= 11 is 0. The predicted octanol–water partition coefficient (Wildman–Crippen LogP) is 3.13. The number of amides is 1. The van der Waals surface area contributed by atoms with Gasteiger partial charge in [-0.15, -0.1) is 0 Å². The maximum atomic E-state index is 13.0. The third-order valence-electron chi connectivity index (χ3n) is 5.14. The zero-order valence-corrected chi connectivity index (χ0v) is 15.5. The SMILES string of the molecule is Cc1noc(C)c1C(C)C(=O)N1CCN(Cc2ccccc2)CC1C. The Balaban J connectivity index is 1.64. The number of aryl methyl sites for hydroxylation is 2. The van der Waals surface area contributed by atoms with Gasteiger partial charge >= 0.3 is 0 Å². The smallest absolute Gasteiger partial charge is 0.230 e. The number of hydrogen-bond acceptors (Lipinski definition) is 4. The second kappa shape index (κ2) is 7.40. The molecular formula is C20H27N3O2. The topological polar surface area (TPSA) is 49.6 Å². The van der Waals surface area contributed by atoms with Crippen molar-refractivity contribution in [1.82, 2.24) is 15.0 Å². The summed E-state index contributed by atoms with van der Waals surface area (Å²) in [4.78, 5) is 17.4. The summed E-state index contributed by atoms with van der Waals surface area (Å²) in [6.45, 7) is 11.4. The zero-order chi connectivity index (χ0) is 18.0. The summed E-state index contributed by atoms with van der Waals surface area (Å²) in [5, 5.41) is 3.99. The van der Waals surface area contributed by atoms with E-state index < -0.39 is 0 Å². The summed E-state index contributed by atoms with van der Waals surface area (Å²) in [5.41, 5.74) is 3.07. The van der Waals surface area contributed by atoms with Crippen LogP contribution in [0.15, 0.2) is 34.9 Å². The van der Waals surface area contributed by atoms with Gasteiger partial charge in [0.1, 0.15) is 5.76 Å². The van der Waals surface area contributed by atoms with E-state index in [2.05, 4.69) is 41.2 Å². The van der Waals surface area contributed by atoms with Crippen LogP contribution in [0.2, 0.25) is 0 Å². The van der Waals surface area contributed by atoms with E-state index in [1.54, 1.807) is 0 Å². The maximum Gasteiger partial charge on any atom is 0.230 e. The molecule has 5 nitrogen and oxygen atoms in total. The van der Waals surface area contributed by atoms with Crippen molar-refractivity contribution in [3.05, 3.63) is 52.9 Å². The number of carbonyl (C=O) groups is 1. The van der Waals surface area contributed by atoms with E-state index in [-0.39, 0.29) is 17.9 Å². The van der Waals surface area contributed by atoms with Crippen LogP contribution in [-0.4, -0.2) is 46.5 Å². The molecule has 0 aliphatic carbocycles. The minimum atomic E-state index is -0.214. The minimum Gasteiger partial charge on any atom is -0.361 e. The number of benzene rings is 1. The van der Waals surface area contributed by atoms with Gasteiger partial charge in [0.25, 0.3) is 0 Å². The molecule has 1 aromatic carbocycles. The molecule has 0 N–H and O–H groups in total. The van der Waals surface area contributed by atoms with Crippen LogP contribution < -0.4 is 0 Å². The van der Waals surface area contributed by atoms with Crippen molar-refractivity contribution in [2.24, 2.45) is 0 Å². The van der Waals surface area contributed by atoms with Crippen LogP contribution in [0.25, 0.3) is 0 Å². The second-order valence-electron chi connectivity index (χ2n) is 7.06. The average Bonchev–Trinajstić information content (AvgIpc) is 2.93. The maximum absolute atomic E-state index is 13.0. The molecule has 0 spiro atoms. The zero-order valence-electron chi connectivity index (χ0n) is 15.5. The monoisotopic (exact) mass is 341 g/mol. The van der Waals surface area contributed by atoms with Crippen LogP contribution in [0, 0.1) is 13.8 Å². The number of nitrogens with zero attached hydrogens (tertiary/aromatic N) is 3. The van der Waals surface area contributed by atoms with Crippen molar-refractivity contribution in [3.8, 4) is 0 Å². The molecule has 1 saturated heterocycles.